The van der Waals surface area contributed by atoms with Gasteiger partial charge >= 0.3 is 0 Å². The fourth-order valence-corrected chi connectivity index (χ4v) is 1.57. The second-order valence-electron chi connectivity index (χ2n) is 3.71. The molecule has 0 unspecified atom stereocenters. The van der Waals surface area contributed by atoms with Crippen LogP contribution in [0, 0.1) is 0 Å². The zero-order chi connectivity index (χ0) is 11.4. The lowest BCUT2D eigenvalue weighted by Gasteiger charge is -2.03. The van der Waals surface area contributed by atoms with Crippen molar-refractivity contribution in [2.75, 3.05) is 0 Å². The third-order valence-electron chi connectivity index (χ3n) is 2.55. The number of aryl methyl sites for hydroxylation is 2. The standard InChI is InChI=1S/C11H17N5.ClH/c1-3-16-7-5-10(14-16)8-12-9-11-4-6-13-15(11)2;/h4-7,12H,3,8-9H2,1-2H3;1H. The molecule has 5 nitrogen and oxygen atoms in total. The summed E-state index contributed by atoms with van der Waals surface area (Å²) in [5, 5.41) is 11.9. The number of nitrogens with zero attached hydrogens (tertiary/aromatic N) is 4. The van der Waals surface area contributed by atoms with E-state index in [9.17, 15) is 0 Å². The molecule has 0 amide bonds. The molecule has 1 N–H and O–H groups in total. The van der Waals surface area contributed by atoms with Gasteiger partial charge in [-0.1, -0.05) is 0 Å². The molecule has 2 rings (SSSR count). The number of nitrogens with one attached hydrogen (secondary N) is 1. The van der Waals surface area contributed by atoms with Crippen molar-refractivity contribution in [3.8, 4) is 0 Å². The third-order valence-corrected chi connectivity index (χ3v) is 2.55. The summed E-state index contributed by atoms with van der Waals surface area (Å²) in [6.45, 7) is 4.61. The Hall–Kier alpha value is -1.33. The highest BCUT2D eigenvalue weighted by molar-refractivity contribution is 5.85. The van der Waals surface area contributed by atoms with Crippen LogP contribution in [0.1, 0.15) is 18.3 Å². The lowest BCUT2D eigenvalue weighted by atomic mass is 10.4. The molecule has 0 aliphatic rings. The second-order valence-corrected chi connectivity index (χ2v) is 3.71. The van der Waals surface area contributed by atoms with E-state index >= 15 is 0 Å². The van der Waals surface area contributed by atoms with Crippen LogP contribution in [0.15, 0.2) is 24.5 Å². The molecule has 0 fully saturated rings. The highest BCUT2D eigenvalue weighted by Gasteiger charge is 2.00. The first kappa shape index (κ1) is 13.7. The van der Waals surface area contributed by atoms with E-state index < -0.39 is 0 Å². The molecular weight excluding hydrogens is 238 g/mol. The van der Waals surface area contributed by atoms with Crippen LogP contribution in [0.3, 0.4) is 0 Å². The van der Waals surface area contributed by atoms with E-state index in [1.54, 1.807) is 0 Å². The highest BCUT2D eigenvalue weighted by Crippen LogP contribution is 1.98. The van der Waals surface area contributed by atoms with Crippen LogP contribution in [0.4, 0.5) is 0 Å². The Balaban J connectivity index is 0.00000144. The molecule has 0 aromatic carbocycles. The van der Waals surface area contributed by atoms with Gasteiger partial charge in [-0.2, -0.15) is 10.2 Å². The van der Waals surface area contributed by atoms with Crippen LogP contribution in [-0.2, 0) is 26.7 Å². The molecule has 0 atom stereocenters. The molecule has 0 aliphatic heterocycles. The van der Waals surface area contributed by atoms with Crippen LogP contribution in [0.2, 0.25) is 0 Å². The molecule has 6 heteroatoms. The average molecular weight is 256 g/mol. The predicted molar refractivity (Wildman–Crippen MR) is 68.9 cm³/mol. The molecule has 0 saturated heterocycles. The second kappa shape index (κ2) is 6.42. The molecule has 0 aliphatic carbocycles. The van der Waals surface area contributed by atoms with Crippen molar-refractivity contribution in [1.29, 1.82) is 0 Å². The summed E-state index contributed by atoms with van der Waals surface area (Å²) < 4.78 is 3.80. The van der Waals surface area contributed by atoms with Crippen molar-refractivity contribution in [3.05, 3.63) is 35.9 Å². The number of halogens is 1. The van der Waals surface area contributed by atoms with E-state index in [-0.39, 0.29) is 12.4 Å². The van der Waals surface area contributed by atoms with E-state index in [0.717, 1.165) is 25.3 Å². The van der Waals surface area contributed by atoms with Gasteiger partial charge in [-0.25, -0.2) is 0 Å². The Labute approximate surface area is 107 Å². The van der Waals surface area contributed by atoms with Crippen molar-refractivity contribution in [3.63, 3.8) is 0 Å². The van der Waals surface area contributed by atoms with Crippen LogP contribution in [0.25, 0.3) is 0 Å². The number of hydrogen-bond acceptors (Lipinski definition) is 3. The van der Waals surface area contributed by atoms with Gasteiger partial charge in [0.25, 0.3) is 0 Å². The number of rotatable bonds is 5. The largest absolute Gasteiger partial charge is 0.305 e. The van der Waals surface area contributed by atoms with Crippen LogP contribution < -0.4 is 5.32 Å². The van der Waals surface area contributed by atoms with Crippen molar-refractivity contribution >= 4 is 12.4 Å². The summed E-state index contributed by atoms with van der Waals surface area (Å²) in [7, 11) is 1.95. The molecule has 2 aromatic heterocycles. The molecular formula is C11H18ClN5. The Kier molecular flexibility index (Phi) is 5.18. The Morgan fingerprint density at radius 3 is 2.71 bits per heavy atom. The Morgan fingerprint density at radius 2 is 2.12 bits per heavy atom. The zero-order valence-electron chi connectivity index (χ0n) is 10.1. The predicted octanol–water partition coefficient (Wildman–Crippen LogP) is 1.35. The van der Waals surface area contributed by atoms with Crippen molar-refractivity contribution in [2.45, 2.75) is 26.6 Å². The third kappa shape index (κ3) is 3.57. The first-order valence-electron chi connectivity index (χ1n) is 5.49. The van der Waals surface area contributed by atoms with Crippen LogP contribution >= 0.6 is 12.4 Å². The Morgan fingerprint density at radius 1 is 1.29 bits per heavy atom. The molecule has 2 aromatic rings. The maximum Gasteiger partial charge on any atom is 0.0762 e. The van der Waals surface area contributed by atoms with Gasteiger partial charge in [0.15, 0.2) is 0 Å². The molecule has 17 heavy (non-hydrogen) atoms. The van der Waals surface area contributed by atoms with Crippen LogP contribution in [-0.4, -0.2) is 19.6 Å². The molecule has 0 radical (unpaired) electrons. The van der Waals surface area contributed by atoms with E-state index in [0.29, 0.717) is 0 Å². The summed E-state index contributed by atoms with van der Waals surface area (Å²) in [4.78, 5) is 0. The van der Waals surface area contributed by atoms with Gasteiger partial charge in [-0.3, -0.25) is 9.36 Å². The van der Waals surface area contributed by atoms with Gasteiger partial charge in [-0.15, -0.1) is 12.4 Å². The lowest BCUT2D eigenvalue weighted by Crippen LogP contribution is -2.15. The topological polar surface area (TPSA) is 47.7 Å². The lowest BCUT2D eigenvalue weighted by molar-refractivity contribution is 0.598. The van der Waals surface area contributed by atoms with Gasteiger partial charge < -0.3 is 5.32 Å². The van der Waals surface area contributed by atoms with E-state index in [4.69, 9.17) is 0 Å². The highest BCUT2D eigenvalue weighted by atomic mass is 35.5. The van der Waals surface area contributed by atoms with Gasteiger partial charge in [-0.05, 0) is 19.1 Å². The van der Waals surface area contributed by atoms with E-state index in [1.807, 2.05) is 40.9 Å². The van der Waals surface area contributed by atoms with Crippen LogP contribution in [0.5, 0.6) is 0 Å². The normalized spacial score (nSPS) is 10.2. The van der Waals surface area contributed by atoms with Crippen molar-refractivity contribution in [1.82, 2.24) is 24.9 Å². The minimum absolute atomic E-state index is 0. The SMILES string of the molecule is CCn1ccc(CNCc2ccnn2C)n1.Cl. The maximum absolute atomic E-state index is 4.40. The minimum atomic E-state index is 0. The smallest absolute Gasteiger partial charge is 0.0762 e. The summed E-state index contributed by atoms with van der Waals surface area (Å²) in [6, 6.07) is 4.05. The van der Waals surface area contributed by atoms with E-state index in [2.05, 4.69) is 22.4 Å². The summed E-state index contributed by atoms with van der Waals surface area (Å²) >= 11 is 0. The van der Waals surface area contributed by atoms with Crippen molar-refractivity contribution in [2.24, 2.45) is 7.05 Å². The van der Waals surface area contributed by atoms with Gasteiger partial charge in [0.1, 0.15) is 0 Å². The molecule has 2 heterocycles. The Bertz CT molecular complexity index is 448. The first-order chi connectivity index (χ1) is 7.79. The van der Waals surface area contributed by atoms with Crippen molar-refractivity contribution < 1.29 is 0 Å². The van der Waals surface area contributed by atoms with E-state index in [1.165, 1.54) is 5.69 Å². The zero-order valence-corrected chi connectivity index (χ0v) is 10.9. The number of hydrogen-bond donors (Lipinski definition) is 1. The monoisotopic (exact) mass is 255 g/mol. The maximum atomic E-state index is 4.40. The van der Waals surface area contributed by atoms with Gasteiger partial charge in [0.2, 0.25) is 0 Å². The fourth-order valence-electron chi connectivity index (χ4n) is 1.57. The molecule has 0 bridgehead atoms. The molecule has 0 saturated carbocycles. The summed E-state index contributed by atoms with van der Waals surface area (Å²) in [5.41, 5.74) is 2.25. The number of aromatic nitrogens is 4. The first-order valence-corrected chi connectivity index (χ1v) is 5.49. The van der Waals surface area contributed by atoms with Gasteiger partial charge in [0.05, 0.1) is 11.4 Å². The molecule has 0 spiro atoms. The summed E-state index contributed by atoms with van der Waals surface area (Å²) in [5.74, 6) is 0. The quantitative estimate of drug-likeness (QED) is 0.877. The van der Waals surface area contributed by atoms with Gasteiger partial charge in [0, 0.05) is 39.1 Å². The summed E-state index contributed by atoms with van der Waals surface area (Å²) in [6.07, 6.45) is 3.81. The minimum Gasteiger partial charge on any atom is -0.305 e. The fraction of sp³-hybridized carbons (Fsp3) is 0.455. The average Bonchev–Trinajstić information content (AvgIpc) is 2.89. The molecule has 94 valence electrons.